The van der Waals surface area contributed by atoms with E-state index in [4.69, 9.17) is 14.2 Å². The summed E-state index contributed by atoms with van der Waals surface area (Å²) in [5, 5.41) is 56.9. The molecule has 0 saturated carbocycles. The molecular formula is C66H115NO10. The topological polar surface area (TPSA) is 175 Å². The van der Waals surface area contributed by atoms with Crippen molar-refractivity contribution >= 4 is 11.9 Å². The molecule has 0 aromatic carbocycles. The lowest BCUT2D eigenvalue weighted by atomic mass is 9.99. The van der Waals surface area contributed by atoms with Crippen molar-refractivity contribution in [2.45, 2.75) is 307 Å². The van der Waals surface area contributed by atoms with Gasteiger partial charge in [0.2, 0.25) is 5.91 Å². The summed E-state index contributed by atoms with van der Waals surface area (Å²) in [6.07, 6.45) is 59.0. The van der Waals surface area contributed by atoms with Crippen LogP contribution in [0.1, 0.15) is 258 Å². The molecule has 6 N–H and O–H groups in total. The molecule has 1 aliphatic rings. The van der Waals surface area contributed by atoms with Gasteiger partial charge in [-0.2, -0.15) is 0 Å². The van der Waals surface area contributed by atoms with Crippen LogP contribution in [0.3, 0.4) is 0 Å². The lowest BCUT2D eigenvalue weighted by Crippen LogP contribution is -2.61. The number of aliphatic hydroxyl groups is 5. The minimum atomic E-state index is -1.62. The van der Waals surface area contributed by atoms with E-state index in [1.807, 2.05) is 6.08 Å². The van der Waals surface area contributed by atoms with Crippen LogP contribution in [-0.2, 0) is 23.8 Å². The fraction of sp³-hybridized carbons (Fsp3) is 0.758. The lowest BCUT2D eigenvalue weighted by molar-refractivity contribution is -0.305. The maximum absolute atomic E-state index is 13.4. The van der Waals surface area contributed by atoms with Crippen LogP contribution in [0, 0.1) is 0 Å². The highest BCUT2D eigenvalue weighted by atomic mass is 16.7. The Labute approximate surface area is 470 Å². The quantitative estimate of drug-likeness (QED) is 0.0149. The minimum Gasteiger partial charge on any atom is -0.454 e. The van der Waals surface area contributed by atoms with E-state index in [-0.39, 0.29) is 19.4 Å². The smallest absolute Gasteiger partial charge is 0.306 e. The number of rotatable bonds is 52. The predicted molar refractivity (Wildman–Crippen MR) is 319 cm³/mol. The van der Waals surface area contributed by atoms with Gasteiger partial charge in [-0.15, -0.1) is 0 Å². The standard InChI is InChI=1S/C66H115NO10/c1-4-7-10-13-16-19-22-24-26-27-28-29-30-31-32-34-35-38-41-44-47-50-53-59(70)65(74)67-57(58(69)52-49-46-43-40-37-21-18-15-12-9-6-3)56-75-66-64(63(73)62(72)60(55-68)76-66)77-61(71)54-51-48-45-42-39-36-33-25-23-20-17-14-11-8-5-2/h16-17,19-20,23-26,28-29,31-32,49,52,57-60,62-64,66,68-70,72-73H,4-15,18,21-22,27,30,33-48,50-51,53-56H2,1-3H3,(H,67,74)/b19-16-,20-17+,25-23+,26-24-,29-28-,32-31-,52-49+. The van der Waals surface area contributed by atoms with Gasteiger partial charge in [0, 0.05) is 6.42 Å². The van der Waals surface area contributed by atoms with Crippen LogP contribution in [0.5, 0.6) is 0 Å². The lowest BCUT2D eigenvalue weighted by Gasteiger charge is -2.41. The second kappa shape index (κ2) is 53.5. The molecule has 1 rings (SSSR count). The molecule has 0 aliphatic carbocycles. The highest BCUT2D eigenvalue weighted by Gasteiger charge is 2.47. The van der Waals surface area contributed by atoms with Crippen molar-refractivity contribution in [2.24, 2.45) is 0 Å². The molecule has 0 aromatic heterocycles. The van der Waals surface area contributed by atoms with Crippen LogP contribution >= 0.6 is 0 Å². The fourth-order valence-electron chi connectivity index (χ4n) is 9.27. The number of carbonyl (C=O) groups is 2. The van der Waals surface area contributed by atoms with Crippen molar-refractivity contribution in [1.29, 1.82) is 0 Å². The summed E-state index contributed by atoms with van der Waals surface area (Å²) in [6, 6.07) is -1.04. The van der Waals surface area contributed by atoms with E-state index in [0.29, 0.717) is 12.8 Å². The number of ether oxygens (including phenoxy) is 3. The van der Waals surface area contributed by atoms with Gasteiger partial charge in [0.1, 0.15) is 24.4 Å². The molecule has 1 aliphatic heterocycles. The molecule has 1 heterocycles. The van der Waals surface area contributed by atoms with Crippen molar-refractivity contribution in [2.75, 3.05) is 13.2 Å². The van der Waals surface area contributed by atoms with E-state index >= 15 is 0 Å². The number of unbranched alkanes of at least 4 members (excludes halogenated alkanes) is 27. The fourth-order valence-corrected chi connectivity index (χ4v) is 9.27. The Hall–Kier alpha value is -3.16. The molecule has 11 nitrogen and oxygen atoms in total. The second-order valence-corrected chi connectivity index (χ2v) is 21.5. The number of hydrogen-bond acceptors (Lipinski definition) is 10. The van der Waals surface area contributed by atoms with Crippen LogP contribution in [0.15, 0.2) is 85.1 Å². The van der Waals surface area contributed by atoms with Crippen molar-refractivity contribution in [1.82, 2.24) is 5.32 Å². The molecule has 444 valence electrons. The largest absolute Gasteiger partial charge is 0.454 e. The number of carbonyl (C=O) groups excluding carboxylic acids is 2. The summed E-state index contributed by atoms with van der Waals surface area (Å²) in [5.74, 6) is -1.22. The molecule has 1 saturated heterocycles. The number of nitrogens with one attached hydrogen (secondary N) is 1. The number of amides is 1. The first-order chi connectivity index (χ1) is 37.7. The maximum atomic E-state index is 13.4. The zero-order chi connectivity index (χ0) is 56.1. The average molecular weight is 1080 g/mol. The Kier molecular flexibility index (Phi) is 49.9. The third-order valence-electron chi connectivity index (χ3n) is 14.3. The average Bonchev–Trinajstić information content (AvgIpc) is 3.43. The normalized spacial score (nSPS) is 19.6. The first-order valence-electron chi connectivity index (χ1n) is 31.4. The van der Waals surface area contributed by atoms with Crippen molar-refractivity contribution < 1.29 is 49.3 Å². The Balaban J connectivity index is 2.67. The molecule has 77 heavy (non-hydrogen) atoms. The summed E-state index contributed by atoms with van der Waals surface area (Å²) in [7, 11) is 0. The molecule has 11 heteroatoms. The zero-order valence-corrected chi connectivity index (χ0v) is 49.1. The third kappa shape index (κ3) is 41.5. The van der Waals surface area contributed by atoms with Gasteiger partial charge >= 0.3 is 5.97 Å². The zero-order valence-electron chi connectivity index (χ0n) is 49.1. The van der Waals surface area contributed by atoms with E-state index < -0.39 is 67.4 Å². The minimum absolute atomic E-state index is 0.106. The summed E-state index contributed by atoms with van der Waals surface area (Å²) >= 11 is 0. The van der Waals surface area contributed by atoms with Crippen molar-refractivity contribution in [3.63, 3.8) is 0 Å². The van der Waals surface area contributed by atoms with Crippen LogP contribution in [0.4, 0.5) is 0 Å². The maximum Gasteiger partial charge on any atom is 0.306 e. The third-order valence-corrected chi connectivity index (χ3v) is 14.3. The van der Waals surface area contributed by atoms with Crippen LogP contribution in [-0.4, -0.2) is 99.6 Å². The Morgan fingerprint density at radius 3 is 1.44 bits per heavy atom. The van der Waals surface area contributed by atoms with E-state index in [2.05, 4.69) is 99.0 Å². The van der Waals surface area contributed by atoms with Crippen LogP contribution in [0.2, 0.25) is 0 Å². The number of esters is 1. The summed E-state index contributed by atoms with van der Waals surface area (Å²) < 4.78 is 17.6. The van der Waals surface area contributed by atoms with Gasteiger partial charge in [-0.25, -0.2) is 0 Å². The van der Waals surface area contributed by atoms with Gasteiger partial charge in [0.25, 0.3) is 0 Å². The van der Waals surface area contributed by atoms with Gasteiger partial charge in [-0.3, -0.25) is 9.59 Å². The van der Waals surface area contributed by atoms with Crippen LogP contribution < -0.4 is 5.32 Å². The molecule has 1 fully saturated rings. The van der Waals surface area contributed by atoms with E-state index in [9.17, 15) is 35.1 Å². The van der Waals surface area contributed by atoms with Crippen molar-refractivity contribution in [3.05, 3.63) is 85.1 Å². The van der Waals surface area contributed by atoms with Gasteiger partial charge in [-0.05, 0) is 96.3 Å². The SMILES string of the molecule is CCCCC/C=C\C/C=C\C/C=C\C/C=C\CCCCCCCCC(O)C(=O)NC(COC1OC(CO)C(O)C(O)C1OC(=O)CCCCCCCC/C=C/C=C/CCCCC)C(O)/C=C/CCCCCCCCCCC. The highest BCUT2D eigenvalue weighted by molar-refractivity contribution is 5.80. The van der Waals surface area contributed by atoms with E-state index in [1.165, 1.54) is 83.5 Å². The molecule has 0 aromatic rings. The first-order valence-corrected chi connectivity index (χ1v) is 31.4. The molecule has 0 radical (unpaired) electrons. The Bertz CT molecular complexity index is 1570. The Morgan fingerprint density at radius 1 is 0.519 bits per heavy atom. The van der Waals surface area contributed by atoms with Crippen molar-refractivity contribution in [3.8, 4) is 0 Å². The summed E-state index contributed by atoms with van der Waals surface area (Å²) in [5.41, 5.74) is 0. The molecule has 1 amide bonds. The monoisotopic (exact) mass is 1080 g/mol. The summed E-state index contributed by atoms with van der Waals surface area (Å²) in [4.78, 5) is 26.5. The van der Waals surface area contributed by atoms with Crippen LogP contribution in [0.25, 0.3) is 0 Å². The van der Waals surface area contributed by atoms with E-state index in [1.54, 1.807) is 6.08 Å². The van der Waals surface area contributed by atoms with Gasteiger partial charge < -0.3 is 45.1 Å². The van der Waals surface area contributed by atoms with E-state index in [0.717, 1.165) is 128 Å². The van der Waals surface area contributed by atoms with Gasteiger partial charge in [0.15, 0.2) is 12.4 Å². The van der Waals surface area contributed by atoms with Gasteiger partial charge in [-0.1, -0.05) is 241 Å². The first kappa shape index (κ1) is 71.9. The highest BCUT2D eigenvalue weighted by Crippen LogP contribution is 2.26. The summed E-state index contributed by atoms with van der Waals surface area (Å²) in [6.45, 7) is 5.70. The predicted octanol–water partition coefficient (Wildman–Crippen LogP) is 14.9. The molecule has 0 spiro atoms. The molecule has 8 unspecified atom stereocenters. The number of allylic oxidation sites excluding steroid dienone is 13. The number of aliphatic hydroxyl groups excluding tert-OH is 5. The molecule has 8 atom stereocenters. The Morgan fingerprint density at radius 2 is 0.935 bits per heavy atom. The van der Waals surface area contributed by atoms with Gasteiger partial charge in [0.05, 0.1) is 25.4 Å². The molecule has 0 bridgehead atoms. The number of hydrogen-bond donors (Lipinski definition) is 6. The molecular weight excluding hydrogens is 967 g/mol. The second-order valence-electron chi connectivity index (χ2n) is 21.5.